The highest BCUT2D eigenvalue weighted by molar-refractivity contribution is 8.00. The molecule has 1 saturated heterocycles. The molecule has 0 aromatic carbocycles. The number of allylic oxidation sites excluding steroid dienone is 1. The van der Waals surface area contributed by atoms with Crippen molar-refractivity contribution >= 4 is 70.3 Å². The predicted molar refractivity (Wildman–Crippen MR) is 116 cm³/mol. The Kier molecular flexibility index (Phi) is 10.8. The minimum Gasteiger partial charge on any atom is -0.466 e. The first-order valence-electron chi connectivity index (χ1n) is 9.17. The van der Waals surface area contributed by atoms with Crippen LogP contribution in [0.25, 0.3) is 0 Å². The lowest BCUT2D eigenvalue weighted by atomic mass is 10.0. The molecule has 1 heterocycles. The minimum absolute atomic E-state index is 0.00177. The van der Waals surface area contributed by atoms with Crippen molar-refractivity contribution in [3.63, 3.8) is 0 Å². The summed E-state index contributed by atoms with van der Waals surface area (Å²) in [6.07, 6.45) is 0.840. The van der Waals surface area contributed by atoms with Crippen molar-refractivity contribution in [3.05, 3.63) is 11.3 Å². The van der Waals surface area contributed by atoms with Gasteiger partial charge in [-0.25, -0.2) is 4.79 Å². The number of halogens is 3. The molecule has 1 rings (SSSR count). The quantitative estimate of drug-likeness (QED) is 0.212. The molecule has 12 heteroatoms. The molecule has 2 atom stereocenters. The van der Waals surface area contributed by atoms with E-state index in [9.17, 15) is 19.2 Å². The molecular weight excluding hydrogens is 479 g/mol. The first-order valence-corrected chi connectivity index (χ1v) is 11.4. The first-order chi connectivity index (χ1) is 13.9. The molecule has 0 aromatic heterocycles. The molecule has 8 nitrogen and oxygen atoms in total. The van der Waals surface area contributed by atoms with E-state index in [2.05, 4.69) is 5.32 Å². The summed E-state index contributed by atoms with van der Waals surface area (Å²) in [5.41, 5.74) is 0.508. The van der Waals surface area contributed by atoms with Crippen LogP contribution in [0, 0.1) is 0 Å². The monoisotopic (exact) mass is 502 g/mol. The van der Waals surface area contributed by atoms with E-state index in [0.717, 1.165) is 0 Å². The zero-order valence-electron chi connectivity index (χ0n) is 17.1. The van der Waals surface area contributed by atoms with Gasteiger partial charge in [-0.15, -0.1) is 11.8 Å². The fourth-order valence-corrected chi connectivity index (χ4v) is 3.96. The number of likely N-dealkylation sites (tertiary alicyclic amines) is 1. The number of esters is 2. The van der Waals surface area contributed by atoms with Gasteiger partial charge < -0.3 is 14.8 Å². The molecule has 30 heavy (non-hydrogen) atoms. The number of hydrogen-bond donors (Lipinski definition) is 1. The Morgan fingerprint density at radius 2 is 1.80 bits per heavy atom. The van der Waals surface area contributed by atoms with E-state index >= 15 is 0 Å². The van der Waals surface area contributed by atoms with E-state index in [4.69, 9.17) is 44.3 Å². The number of amides is 2. The van der Waals surface area contributed by atoms with Crippen LogP contribution in [0.5, 0.6) is 0 Å². The van der Waals surface area contributed by atoms with Crippen molar-refractivity contribution in [1.82, 2.24) is 10.2 Å². The lowest BCUT2D eigenvalue weighted by molar-refractivity contribution is -0.152. The second kappa shape index (κ2) is 12.0. The Morgan fingerprint density at radius 1 is 1.17 bits per heavy atom. The van der Waals surface area contributed by atoms with E-state index in [-0.39, 0.29) is 18.1 Å². The van der Waals surface area contributed by atoms with Crippen LogP contribution in [0.2, 0.25) is 0 Å². The second-order valence-corrected chi connectivity index (χ2v) is 10.4. The standard InChI is InChI=1S/C18H25Cl3N2O6S/c1-5-7-28-12(25)6-8-30-16-13(22-11(4)24)15(26)23(16)14(10(2)3)17(27)29-9-18(19,20)21/h13,16H,5-9H2,1-4H3,(H,22,24). The van der Waals surface area contributed by atoms with Crippen LogP contribution in [0.15, 0.2) is 11.3 Å². The maximum Gasteiger partial charge on any atom is 0.355 e. The smallest absolute Gasteiger partial charge is 0.355 e. The topological polar surface area (TPSA) is 102 Å². The Balaban J connectivity index is 2.94. The van der Waals surface area contributed by atoms with Crippen LogP contribution in [-0.2, 0) is 28.7 Å². The van der Waals surface area contributed by atoms with Crippen LogP contribution in [-0.4, -0.2) is 62.8 Å². The number of rotatable bonds is 10. The normalized spacial score (nSPS) is 18.4. The summed E-state index contributed by atoms with van der Waals surface area (Å²) in [5, 5.41) is 1.96. The van der Waals surface area contributed by atoms with Gasteiger partial charge in [0.25, 0.3) is 5.91 Å². The molecule has 0 saturated carbocycles. The summed E-state index contributed by atoms with van der Waals surface area (Å²) in [6, 6.07) is -0.838. The van der Waals surface area contributed by atoms with Gasteiger partial charge in [-0.1, -0.05) is 41.7 Å². The van der Waals surface area contributed by atoms with Crippen LogP contribution in [0.4, 0.5) is 0 Å². The van der Waals surface area contributed by atoms with Gasteiger partial charge in [0.05, 0.1) is 13.0 Å². The largest absolute Gasteiger partial charge is 0.466 e. The second-order valence-electron chi connectivity index (χ2n) is 6.66. The fourth-order valence-electron chi connectivity index (χ4n) is 2.53. The number of carbonyl (C=O) groups excluding carboxylic acids is 4. The van der Waals surface area contributed by atoms with E-state index < -0.39 is 39.6 Å². The lowest BCUT2D eigenvalue weighted by Gasteiger charge is -2.47. The number of hydrogen-bond acceptors (Lipinski definition) is 7. The Morgan fingerprint density at radius 3 is 2.30 bits per heavy atom. The van der Waals surface area contributed by atoms with Gasteiger partial charge in [0.2, 0.25) is 9.70 Å². The molecule has 1 aliphatic rings. The third-order valence-electron chi connectivity index (χ3n) is 3.74. The summed E-state index contributed by atoms with van der Waals surface area (Å²) in [6.45, 7) is 6.29. The molecule has 2 unspecified atom stereocenters. The van der Waals surface area contributed by atoms with Gasteiger partial charge in [-0.2, -0.15) is 0 Å². The van der Waals surface area contributed by atoms with Crippen LogP contribution in [0.3, 0.4) is 0 Å². The van der Waals surface area contributed by atoms with E-state index in [0.29, 0.717) is 24.4 Å². The van der Waals surface area contributed by atoms with Gasteiger partial charge in [0, 0.05) is 12.7 Å². The number of ether oxygens (including phenoxy) is 2. The molecule has 0 bridgehead atoms. The summed E-state index contributed by atoms with van der Waals surface area (Å²) < 4.78 is 8.26. The predicted octanol–water partition coefficient (Wildman–Crippen LogP) is 2.94. The highest BCUT2D eigenvalue weighted by Gasteiger charge is 2.51. The summed E-state index contributed by atoms with van der Waals surface area (Å²) >= 11 is 18.1. The highest BCUT2D eigenvalue weighted by atomic mass is 35.6. The minimum atomic E-state index is -1.80. The van der Waals surface area contributed by atoms with Crippen molar-refractivity contribution in [2.24, 2.45) is 0 Å². The van der Waals surface area contributed by atoms with Gasteiger partial charge in [0.15, 0.2) is 0 Å². The van der Waals surface area contributed by atoms with Gasteiger partial charge in [0.1, 0.15) is 23.7 Å². The van der Waals surface area contributed by atoms with Crippen molar-refractivity contribution in [1.29, 1.82) is 0 Å². The van der Waals surface area contributed by atoms with Crippen LogP contribution < -0.4 is 5.32 Å². The fraction of sp³-hybridized carbons (Fsp3) is 0.667. The van der Waals surface area contributed by atoms with Crippen molar-refractivity contribution < 1.29 is 28.7 Å². The maximum atomic E-state index is 12.7. The first kappa shape index (κ1) is 26.9. The number of carbonyl (C=O) groups is 4. The van der Waals surface area contributed by atoms with Gasteiger partial charge >= 0.3 is 11.9 Å². The molecular formula is C18H25Cl3N2O6S. The summed E-state index contributed by atoms with van der Waals surface area (Å²) in [5.74, 6) is -1.73. The van der Waals surface area contributed by atoms with Crippen molar-refractivity contribution in [3.8, 4) is 0 Å². The number of alkyl halides is 3. The van der Waals surface area contributed by atoms with E-state index in [1.807, 2.05) is 6.92 Å². The van der Waals surface area contributed by atoms with E-state index in [1.54, 1.807) is 13.8 Å². The molecule has 1 N–H and O–H groups in total. The number of β-lactam (4-membered cyclic amide) rings is 1. The molecule has 0 aromatic rings. The molecule has 170 valence electrons. The average Bonchev–Trinajstić information content (AvgIpc) is 2.63. The number of thioether (sulfide) groups is 1. The van der Waals surface area contributed by atoms with Crippen molar-refractivity contribution in [2.45, 2.75) is 55.7 Å². The SMILES string of the molecule is CCCOC(=O)CCSC1C(NC(C)=O)C(=O)N1C(C(=O)OCC(Cl)(Cl)Cl)=C(C)C. The van der Waals surface area contributed by atoms with Gasteiger partial charge in [-0.05, 0) is 25.8 Å². The summed E-state index contributed by atoms with van der Waals surface area (Å²) in [4.78, 5) is 49.7. The lowest BCUT2D eigenvalue weighted by Crippen LogP contribution is -2.69. The third kappa shape index (κ3) is 8.17. The van der Waals surface area contributed by atoms with E-state index in [1.165, 1.54) is 23.6 Å². The number of nitrogens with one attached hydrogen (secondary N) is 1. The average molecular weight is 504 g/mol. The zero-order valence-corrected chi connectivity index (χ0v) is 20.2. The highest BCUT2D eigenvalue weighted by Crippen LogP contribution is 2.36. The molecule has 1 aliphatic heterocycles. The van der Waals surface area contributed by atoms with Crippen LogP contribution >= 0.6 is 46.6 Å². The van der Waals surface area contributed by atoms with Crippen molar-refractivity contribution in [2.75, 3.05) is 19.0 Å². The van der Waals surface area contributed by atoms with Crippen LogP contribution in [0.1, 0.15) is 40.5 Å². The molecule has 2 amide bonds. The molecule has 0 spiro atoms. The summed E-state index contributed by atoms with van der Waals surface area (Å²) in [7, 11) is 0. The molecule has 1 fully saturated rings. The zero-order chi connectivity index (χ0) is 23.1. The Bertz CT molecular complexity index is 707. The maximum absolute atomic E-state index is 12.7. The van der Waals surface area contributed by atoms with Gasteiger partial charge in [-0.3, -0.25) is 19.3 Å². The Hall–Kier alpha value is -1.16. The number of nitrogens with zero attached hydrogens (tertiary/aromatic N) is 1. The Labute approximate surface area is 194 Å². The molecule has 0 aliphatic carbocycles. The third-order valence-corrected chi connectivity index (χ3v) is 5.33. The molecule has 0 radical (unpaired) electrons.